The molecule has 0 fully saturated rings. The summed E-state index contributed by atoms with van der Waals surface area (Å²) in [5.41, 5.74) is 0.968. The molecule has 0 amide bonds. The predicted molar refractivity (Wildman–Crippen MR) is 75.9 cm³/mol. The number of hydrogen-bond acceptors (Lipinski definition) is 5. The highest BCUT2D eigenvalue weighted by Crippen LogP contribution is 2.06. The van der Waals surface area contributed by atoms with Gasteiger partial charge in [-0.3, -0.25) is 4.90 Å². The van der Waals surface area contributed by atoms with Crippen molar-refractivity contribution in [3.63, 3.8) is 0 Å². The molecule has 0 aliphatic heterocycles. The third kappa shape index (κ3) is 7.30. The van der Waals surface area contributed by atoms with Crippen LogP contribution in [0.1, 0.15) is 38.6 Å². The maximum absolute atomic E-state index is 5.52. The lowest BCUT2D eigenvalue weighted by atomic mass is 10.3. The number of nitrogens with zero attached hydrogens (tertiary/aromatic N) is 2. The highest BCUT2D eigenvalue weighted by molar-refractivity contribution is 5.04. The van der Waals surface area contributed by atoms with Gasteiger partial charge in [-0.05, 0) is 33.9 Å². The second-order valence-electron chi connectivity index (χ2n) is 5.12. The van der Waals surface area contributed by atoms with Crippen LogP contribution in [0.2, 0.25) is 0 Å². The molecule has 1 N–H and O–H groups in total. The fourth-order valence-electron chi connectivity index (χ4n) is 1.70. The quantitative estimate of drug-likeness (QED) is 0.659. The van der Waals surface area contributed by atoms with Gasteiger partial charge in [0.05, 0.1) is 24.9 Å². The summed E-state index contributed by atoms with van der Waals surface area (Å²) in [5.74, 6) is 0.903. The molecule has 1 rings (SSSR count). The normalized spacial score (nSPS) is 11.7. The Labute approximate surface area is 116 Å². The van der Waals surface area contributed by atoms with E-state index in [-0.39, 0.29) is 6.10 Å². The van der Waals surface area contributed by atoms with Gasteiger partial charge < -0.3 is 14.6 Å². The van der Waals surface area contributed by atoms with Crippen molar-refractivity contribution in [2.75, 3.05) is 26.7 Å². The molecule has 0 atom stereocenters. The van der Waals surface area contributed by atoms with E-state index in [1.165, 1.54) is 0 Å². The fraction of sp³-hybridized carbons (Fsp3) is 0.786. The van der Waals surface area contributed by atoms with Gasteiger partial charge in [-0.1, -0.05) is 12.1 Å². The van der Waals surface area contributed by atoms with Crippen molar-refractivity contribution < 1.29 is 9.26 Å². The average Bonchev–Trinajstić information content (AvgIpc) is 2.76. The van der Waals surface area contributed by atoms with E-state index in [9.17, 15) is 0 Å². The van der Waals surface area contributed by atoms with Crippen LogP contribution in [0, 0.1) is 0 Å². The zero-order valence-corrected chi connectivity index (χ0v) is 12.6. The van der Waals surface area contributed by atoms with Crippen LogP contribution in [0.3, 0.4) is 0 Å². The van der Waals surface area contributed by atoms with Crippen molar-refractivity contribution in [2.45, 2.75) is 46.4 Å². The summed E-state index contributed by atoms with van der Waals surface area (Å²) in [6.45, 7) is 10.4. The Morgan fingerprint density at radius 2 is 2.26 bits per heavy atom. The van der Waals surface area contributed by atoms with Crippen molar-refractivity contribution in [3.05, 3.63) is 17.5 Å². The number of ether oxygens (including phenoxy) is 1. The second kappa shape index (κ2) is 9.07. The summed E-state index contributed by atoms with van der Waals surface area (Å²) >= 11 is 0. The summed E-state index contributed by atoms with van der Waals surface area (Å²) in [6.07, 6.45) is 1.42. The van der Waals surface area contributed by atoms with Crippen molar-refractivity contribution >= 4 is 0 Å². The van der Waals surface area contributed by atoms with Crippen molar-refractivity contribution in [1.82, 2.24) is 15.4 Å². The third-order valence-corrected chi connectivity index (χ3v) is 2.69. The van der Waals surface area contributed by atoms with Crippen LogP contribution in [-0.2, 0) is 17.8 Å². The monoisotopic (exact) mass is 269 g/mol. The first-order chi connectivity index (χ1) is 9.11. The summed E-state index contributed by atoms with van der Waals surface area (Å²) in [7, 11) is 2.06. The number of rotatable bonds is 10. The highest BCUT2D eigenvalue weighted by atomic mass is 16.5. The van der Waals surface area contributed by atoms with E-state index in [0.29, 0.717) is 0 Å². The maximum Gasteiger partial charge on any atom is 0.151 e. The molecule has 1 heterocycles. The topological polar surface area (TPSA) is 50.5 Å². The van der Waals surface area contributed by atoms with Crippen LogP contribution in [0.15, 0.2) is 10.6 Å². The molecule has 0 saturated heterocycles. The van der Waals surface area contributed by atoms with Crippen LogP contribution in [-0.4, -0.2) is 42.9 Å². The van der Waals surface area contributed by atoms with E-state index in [1.54, 1.807) is 0 Å². The van der Waals surface area contributed by atoms with E-state index >= 15 is 0 Å². The Balaban J connectivity index is 2.24. The highest BCUT2D eigenvalue weighted by Gasteiger charge is 2.07. The van der Waals surface area contributed by atoms with Gasteiger partial charge in [0.15, 0.2) is 5.76 Å². The van der Waals surface area contributed by atoms with Gasteiger partial charge in [0, 0.05) is 19.2 Å². The predicted octanol–water partition coefficient (Wildman–Crippen LogP) is 2.03. The molecule has 1 aromatic rings. The first-order valence-corrected chi connectivity index (χ1v) is 7.07. The molecule has 0 radical (unpaired) electrons. The molecule has 19 heavy (non-hydrogen) atoms. The van der Waals surface area contributed by atoms with E-state index in [2.05, 4.69) is 29.3 Å². The minimum atomic E-state index is 0.287. The number of likely N-dealkylation sites (N-methyl/N-ethyl adjacent to an activating group) is 1. The molecule has 0 unspecified atom stereocenters. The molecule has 0 saturated carbocycles. The largest absolute Gasteiger partial charge is 0.377 e. The van der Waals surface area contributed by atoms with E-state index in [4.69, 9.17) is 9.26 Å². The van der Waals surface area contributed by atoms with Gasteiger partial charge in [-0.15, -0.1) is 0 Å². The lowest BCUT2D eigenvalue weighted by Gasteiger charge is -2.15. The first kappa shape index (κ1) is 16.1. The van der Waals surface area contributed by atoms with Gasteiger partial charge in [-0.2, -0.15) is 0 Å². The molecule has 5 nitrogen and oxygen atoms in total. The average molecular weight is 269 g/mol. The Hall–Kier alpha value is -0.910. The molecule has 110 valence electrons. The molecule has 0 spiro atoms. The summed E-state index contributed by atoms with van der Waals surface area (Å²) in [5, 5.41) is 7.36. The molecule has 0 bridgehead atoms. The molecule has 0 aliphatic rings. The van der Waals surface area contributed by atoms with Crippen molar-refractivity contribution in [3.8, 4) is 0 Å². The smallest absolute Gasteiger partial charge is 0.151 e. The third-order valence-electron chi connectivity index (χ3n) is 2.69. The van der Waals surface area contributed by atoms with Gasteiger partial charge in [0.2, 0.25) is 0 Å². The SMILES string of the molecule is CCCNCc1cc(CN(C)CCOC(C)C)on1. The van der Waals surface area contributed by atoms with E-state index in [0.717, 1.165) is 50.7 Å². The van der Waals surface area contributed by atoms with Gasteiger partial charge in [-0.25, -0.2) is 0 Å². The minimum Gasteiger partial charge on any atom is -0.377 e. The Kier molecular flexibility index (Phi) is 7.70. The second-order valence-corrected chi connectivity index (χ2v) is 5.12. The van der Waals surface area contributed by atoms with Crippen LogP contribution in [0.4, 0.5) is 0 Å². The standard InChI is InChI=1S/C14H27N3O2/c1-5-6-15-10-13-9-14(19-16-13)11-17(4)7-8-18-12(2)3/h9,12,15H,5-8,10-11H2,1-4H3. The van der Waals surface area contributed by atoms with Crippen LogP contribution < -0.4 is 5.32 Å². The van der Waals surface area contributed by atoms with Gasteiger partial charge >= 0.3 is 0 Å². The summed E-state index contributed by atoms with van der Waals surface area (Å²) in [6, 6.07) is 2.02. The molecule has 0 aliphatic carbocycles. The van der Waals surface area contributed by atoms with Crippen LogP contribution in [0.5, 0.6) is 0 Å². The molecular weight excluding hydrogens is 242 g/mol. The molecular formula is C14H27N3O2. The molecule has 5 heteroatoms. The lowest BCUT2D eigenvalue weighted by molar-refractivity contribution is 0.0613. The van der Waals surface area contributed by atoms with Gasteiger partial charge in [0.25, 0.3) is 0 Å². The van der Waals surface area contributed by atoms with E-state index in [1.807, 2.05) is 19.9 Å². The Morgan fingerprint density at radius 3 is 2.95 bits per heavy atom. The maximum atomic E-state index is 5.52. The van der Waals surface area contributed by atoms with Crippen LogP contribution in [0.25, 0.3) is 0 Å². The summed E-state index contributed by atoms with van der Waals surface area (Å²) < 4.78 is 10.8. The molecule has 1 aromatic heterocycles. The summed E-state index contributed by atoms with van der Waals surface area (Å²) in [4.78, 5) is 2.17. The number of aromatic nitrogens is 1. The zero-order chi connectivity index (χ0) is 14.1. The first-order valence-electron chi connectivity index (χ1n) is 7.07. The van der Waals surface area contributed by atoms with Gasteiger partial charge in [0.1, 0.15) is 0 Å². The minimum absolute atomic E-state index is 0.287. The molecule has 0 aromatic carbocycles. The zero-order valence-electron chi connectivity index (χ0n) is 12.6. The fourth-order valence-corrected chi connectivity index (χ4v) is 1.70. The van der Waals surface area contributed by atoms with Crippen molar-refractivity contribution in [2.24, 2.45) is 0 Å². The Bertz CT molecular complexity index is 339. The lowest BCUT2D eigenvalue weighted by Crippen LogP contribution is -2.23. The van der Waals surface area contributed by atoms with Crippen molar-refractivity contribution in [1.29, 1.82) is 0 Å². The number of nitrogens with one attached hydrogen (secondary N) is 1. The van der Waals surface area contributed by atoms with E-state index < -0.39 is 0 Å². The van der Waals surface area contributed by atoms with Crippen LogP contribution >= 0.6 is 0 Å². The number of hydrogen-bond donors (Lipinski definition) is 1. The Morgan fingerprint density at radius 1 is 1.47 bits per heavy atom.